The van der Waals surface area contributed by atoms with E-state index in [1.165, 1.54) is 0 Å². The summed E-state index contributed by atoms with van der Waals surface area (Å²) in [6.45, 7) is 0.857. The van der Waals surface area contributed by atoms with Crippen LogP contribution in [0.15, 0.2) is 24.3 Å². The van der Waals surface area contributed by atoms with Crippen LogP contribution in [0.4, 0.5) is 0 Å². The van der Waals surface area contributed by atoms with E-state index in [-0.39, 0.29) is 12.6 Å². The van der Waals surface area contributed by atoms with E-state index in [1.54, 1.807) is 19.2 Å². The number of aliphatic hydroxyl groups is 1. The molecule has 94 valence electrons. The Labute approximate surface area is 101 Å². The molecule has 0 saturated carbocycles. The number of primary amides is 1. The minimum atomic E-state index is -0.449. The van der Waals surface area contributed by atoms with Crippen molar-refractivity contribution in [1.82, 2.24) is 5.32 Å². The molecule has 0 aliphatic rings. The quantitative estimate of drug-likeness (QED) is 0.618. The number of hydrogen-bond acceptors (Lipinski definition) is 4. The summed E-state index contributed by atoms with van der Waals surface area (Å²) in [5.41, 5.74) is 6.58. The van der Waals surface area contributed by atoms with Crippen molar-refractivity contribution in [3.8, 4) is 0 Å². The Kier molecular flexibility index (Phi) is 5.62. The average molecular weight is 238 g/mol. The molecule has 17 heavy (non-hydrogen) atoms. The molecule has 0 fully saturated rings. The highest BCUT2D eigenvalue weighted by atomic mass is 16.5. The van der Waals surface area contributed by atoms with E-state index in [0.29, 0.717) is 18.7 Å². The number of carbonyl (C=O) groups excluding carboxylic acids is 1. The van der Waals surface area contributed by atoms with Gasteiger partial charge in [-0.15, -0.1) is 0 Å². The van der Waals surface area contributed by atoms with E-state index in [2.05, 4.69) is 5.32 Å². The van der Waals surface area contributed by atoms with E-state index < -0.39 is 5.91 Å². The number of aliphatic hydroxyl groups excluding tert-OH is 1. The van der Waals surface area contributed by atoms with Crippen LogP contribution in [-0.2, 0) is 11.3 Å². The number of nitrogens with two attached hydrogens (primary N) is 1. The van der Waals surface area contributed by atoms with Crippen LogP contribution in [-0.4, -0.2) is 37.4 Å². The van der Waals surface area contributed by atoms with Gasteiger partial charge in [-0.25, -0.2) is 0 Å². The third-order valence-corrected chi connectivity index (χ3v) is 2.45. The molecule has 0 spiro atoms. The molecule has 0 bridgehead atoms. The Morgan fingerprint density at radius 2 is 2.24 bits per heavy atom. The predicted octanol–water partition coefficient (Wildman–Crippen LogP) is -0.118. The first kappa shape index (κ1) is 13.6. The van der Waals surface area contributed by atoms with Crippen molar-refractivity contribution < 1.29 is 14.6 Å². The first-order valence-corrected chi connectivity index (χ1v) is 5.40. The molecule has 1 aromatic rings. The van der Waals surface area contributed by atoms with Crippen LogP contribution in [0.1, 0.15) is 15.9 Å². The molecular weight excluding hydrogens is 220 g/mol. The van der Waals surface area contributed by atoms with Crippen molar-refractivity contribution in [2.75, 3.05) is 20.3 Å². The summed E-state index contributed by atoms with van der Waals surface area (Å²) in [7, 11) is 1.57. The average Bonchev–Trinajstić information content (AvgIpc) is 2.34. The van der Waals surface area contributed by atoms with Crippen LogP contribution >= 0.6 is 0 Å². The smallest absolute Gasteiger partial charge is 0.249 e. The van der Waals surface area contributed by atoms with Crippen LogP contribution in [0.25, 0.3) is 0 Å². The zero-order valence-electron chi connectivity index (χ0n) is 9.85. The van der Waals surface area contributed by atoms with Crippen molar-refractivity contribution in [2.24, 2.45) is 5.73 Å². The molecule has 1 atom stereocenters. The summed E-state index contributed by atoms with van der Waals surface area (Å²) < 4.78 is 4.95. The maximum atomic E-state index is 11.2. The predicted molar refractivity (Wildman–Crippen MR) is 64.5 cm³/mol. The number of hydrogen-bond donors (Lipinski definition) is 3. The summed E-state index contributed by atoms with van der Waals surface area (Å²) in [5.74, 6) is -0.449. The third kappa shape index (κ3) is 4.14. The number of methoxy groups -OCH3 is 1. The Bertz CT molecular complexity index is 369. The minimum absolute atomic E-state index is 0.0213. The molecule has 0 aromatic heterocycles. The van der Waals surface area contributed by atoms with Crippen LogP contribution in [0.3, 0.4) is 0 Å². The van der Waals surface area contributed by atoms with Crippen molar-refractivity contribution in [3.05, 3.63) is 35.4 Å². The zero-order valence-corrected chi connectivity index (χ0v) is 9.85. The maximum absolute atomic E-state index is 11.2. The molecule has 0 radical (unpaired) electrons. The molecule has 0 heterocycles. The molecule has 1 rings (SSSR count). The molecule has 1 amide bonds. The number of ether oxygens (including phenoxy) is 1. The standard InChI is InChI=1S/C12H18N2O3/c1-17-8-10(7-15)14-6-9-4-2-3-5-11(9)12(13)16/h2-5,10,14-15H,6-8H2,1H3,(H2,13,16). The Morgan fingerprint density at radius 1 is 1.53 bits per heavy atom. The Balaban J connectivity index is 2.65. The van der Waals surface area contributed by atoms with Crippen LogP contribution < -0.4 is 11.1 Å². The first-order chi connectivity index (χ1) is 8.19. The molecule has 4 N–H and O–H groups in total. The lowest BCUT2D eigenvalue weighted by atomic mass is 10.1. The van der Waals surface area contributed by atoms with Crippen LogP contribution in [0.2, 0.25) is 0 Å². The van der Waals surface area contributed by atoms with Gasteiger partial charge in [0.1, 0.15) is 0 Å². The zero-order chi connectivity index (χ0) is 12.7. The molecule has 0 aliphatic carbocycles. The summed E-state index contributed by atoms with van der Waals surface area (Å²) in [6.07, 6.45) is 0. The van der Waals surface area contributed by atoms with E-state index >= 15 is 0 Å². The van der Waals surface area contributed by atoms with Gasteiger partial charge < -0.3 is 20.9 Å². The van der Waals surface area contributed by atoms with Crippen molar-refractivity contribution in [1.29, 1.82) is 0 Å². The minimum Gasteiger partial charge on any atom is -0.395 e. The normalized spacial score (nSPS) is 12.4. The highest BCUT2D eigenvalue weighted by Crippen LogP contribution is 2.07. The largest absolute Gasteiger partial charge is 0.395 e. The summed E-state index contributed by atoms with van der Waals surface area (Å²) >= 11 is 0. The SMILES string of the molecule is COCC(CO)NCc1ccccc1C(N)=O. The Morgan fingerprint density at radius 3 is 2.82 bits per heavy atom. The van der Waals surface area contributed by atoms with E-state index in [1.807, 2.05) is 12.1 Å². The van der Waals surface area contributed by atoms with Crippen LogP contribution in [0, 0.1) is 0 Å². The van der Waals surface area contributed by atoms with E-state index in [9.17, 15) is 4.79 Å². The van der Waals surface area contributed by atoms with Gasteiger partial charge in [0.25, 0.3) is 0 Å². The van der Waals surface area contributed by atoms with Crippen LogP contribution in [0.5, 0.6) is 0 Å². The summed E-state index contributed by atoms with van der Waals surface area (Å²) in [5, 5.41) is 12.2. The van der Waals surface area contributed by atoms with Gasteiger partial charge in [-0.2, -0.15) is 0 Å². The van der Waals surface area contributed by atoms with Gasteiger partial charge in [-0.05, 0) is 11.6 Å². The van der Waals surface area contributed by atoms with Gasteiger partial charge in [-0.3, -0.25) is 4.79 Å². The second-order valence-corrected chi connectivity index (χ2v) is 3.74. The molecule has 5 heteroatoms. The second kappa shape index (κ2) is 7.01. The fourth-order valence-electron chi connectivity index (χ4n) is 1.55. The highest BCUT2D eigenvalue weighted by Gasteiger charge is 2.10. The molecule has 1 unspecified atom stereocenters. The second-order valence-electron chi connectivity index (χ2n) is 3.74. The number of nitrogens with one attached hydrogen (secondary N) is 1. The monoisotopic (exact) mass is 238 g/mol. The first-order valence-electron chi connectivity index (χ1n) is 5.40. The van der Waals surface area contributed by atoms with Crippen molar-refractivity contribution in [3.63, 3.8) is 0 Å². The molecule has 1 aromatic carbocycles. The number of carbonyl (C=O) groups is 1. The fourth-order valence-corrected chi connectivity index (χ4v) is 1.55. The van der Waals surface area contributed by atoms with Gasteiger partial charge in [0, 0.05) is 19.2 Å². The Hall–Kier alpha value is -1.43. The van der Waals surface area contributed by atoms with Gasteiger partial charge in [0.05, 0.1) is 19.3 Å². The highest BCUT2D eigenvalue weighted by molar-refractivity contribution is 5.94. The van der Waals surface area contributed by atoms with Crippen molar-refractivity contribution in [2.45, 2.75) is 12.6 Å². The number of benzene rings is 1. The lowest BCUT2D eigenvalue weighted by molar-refractivity contribution is 0.0999. The lowest BCUT2D eigenvalue weighted by Crippen LogP contribution is -2.36. The number of amides is 1. The third-order valence-electron chi connectivity index (χ3n) is 2.45. The van der Waals surface area contributed by atoms with Gasteiger partial charge in [0.15, 0.2) is 0 Å². The lowest BCUT2D eigenvalue weighted by Gasteiger charge is -2.16. The van der Waals surface area contributed by atoms with Gasteiger partial charge in [-0.1, -0.05) is 18.2 Å². The van der Waals surface area contributed by atoms with Gasteiger partial charge >= 0.3 is 0 Å². The summed E-state index contributed by atoms with van der Waals surface area (Å²) in [6, 6.07) is 6.97. The summed E-state index contributed by atoms with van der Waals surface area (Å²) in [4.78, 5) is 11.2. The van der Waals surface area contributed by atoms with E-state index in [0.717, 1.165) is 5.56 Å². The molecule has 0 aliphatic heterocycles. The maximum Gasteiger partial charge on any atom is 0.249 e. The van der Waals surface area contributed by atoms with Crippen molar-refractivity contribution >= 4 is 5.91 Å². The molecule has 5 nitrogen and oxygen atoms in total. The van der Waals surface area contributed by atoms with Gasteiger partial charge in [0.2, 0.25) is 5.91 Å². The fraction of sp³-hybridized carbons (Fsp3) is 0.417. The molecular formula is C12H18N2O3. The topological polar surface area (TPSA) is 84.6 Å². The van der Waals surface area contributed by atoms with E-state index in [4.69, 9.17) is 15.6 Å². The number of rotatable bonds is 7. The molecule has 0 saturated heterocycles.